The minimum atomic E-state index is 0.397. The van der Waals surface area contributed by atoms with Crippen LogP contribution in [0.1, 0.15) is 22.3 Å². The fourth-order valence-corrected chi connectivity index (χ4v) is 7.59. The van der Waals surface area contributed by atoms with Crippen molar-refractivity contribution in [3.63, 3.8) is 0 Å². The smallest absolute Gasteiger partial charge is 0.101 e. The maximum absolute atomic E-state index is 10.4. The lowest BCUT2D eigenvalue weighted by Crippen LogP contribution is -2.00. The number of hydrogen-bond donors (Lipinski definition) is 0. The topological polar surface area (TPSA) is 105 Å². The van der Waals surface area contributed by atoms with E-state index in [0.717, 1.165) is 66.1 Å². The Hall–Kier alpha value is -7.90. The van der Waals surface area contributed by atoms with Crippen molar-refractivity contribution in [1.82, 2.24) is 9.13 Å². The molecule has 0 aliphatic carbocycles. The normalized spacial score (nSPS) is 11.0. The van der Waals surface area contributed by atoms with E-state index in [2.05, 4.69) is 75.9 Å². The summed E-state index contributed by atoms with van der Waals surface area (Å²) in [4.78, 5) is 0. The Kier molecular flexibility index (Phi) is 6.91. The zero-order valence-corrected chi connectivity index (χ0v) is 27.5. The van der Waals surface area contributed by atoms with Crippen molar-refractivity contribution < 1.29 is 0 Å². The summed E-state index contributed by atoms with van der Waals surface area (Å²) >= 11 is 0. The second kappa shape index (κ2) is 11.9. The van der Waals surface area contributed by atoms with Gasteiger partial charge in [0.2, 0.25) is 0 Å². The molecule has 0 saturated heterocycles. The summed E-state index contributed by atoms with van der Waals surface area (Å²) in [5, 5.41) is 44.7. The third-order valence-electron chi connectivity index (χ3n) is 9.84. The van der Waals surface area contributed by atoms with Gasteiger partial charge in [0.25, 0.3) is 0 Å². The van der Waals surface area contributed by atoms with Crippen molar-refractivity contribution in [2.75, 3.05) is 0 Å². The zero-order valence-electron chi connectivity index (χ0n) is 27.5. The van der Waals surface area contributed by atoms with Crippen LogP contribution in [0.4, 0.5) is 0 Å². The lowest BCUT2D eigenvalue weighted by molar-refractivity contribution is 1.17. The van der Waals surface area contributed by atoms with E-state index in [9.17, 15) is 21.0 Å². The zero-order chi connectivity index (χ0) is 35.3. The molecule has 6 heteroatoms. The van der Waals surface area contributed by atoms with Crippen LogP contribution in [0, 0.1) is 45.3 Å². The van der Waals surface area contributed by atoms with E-state index in [-0.39, 0.29) is 0 Å². The molecule has 0 fully saturated rings. The van der Waals surface area contributed by atoms with Crippen LogP contribution in [0.2, 0.25) is 0 Å². The van der Waals surface area contributed by atoms with Crippen LogP contribution in [0.5, 0.6) is 0 Å². The van der Waals surface area contributed by atoms with Crippen LogP contribution in [0.3, 0.4) is 0 Å². The van der Waals surface area contributed by atoms with Gasteiger partial charge >= 0.3 is 0 Å². The molecule has 52 heavy (non-hydrogen) atoms. The van der Waals surface area contributed by atoms with Crippen molar-refractivity contribution >= 4 is 43.6 Å². The van der Waals surface area contributed by atoms with Crippen molar-refractivity contribution in [3.05, 3.63) is 168 Å². The number of hydrogen-bond acceptors (Lipinski definition) is 4. The summed E-state index contributed by atoms with van der Waals surface area (Å²) in [6.07, 6.45) is 0. The van der Waals surface area contributed by atoms with E-state index in [0.29, 0.717) is 33.4 Å². The van der Waals surface area contributed by atoms with E-state index in [1.54, 1.807) is 18.2 Å². The van der Waals surface area contributed by atoms with E-state index in [1.165, 1.54) is 0 Å². The molecule has 0 aliphatic rings. The second-order valence-corrected chi connectivity index (χ2v) is 12.6. The third kappa shape index (κ3) is 4.54. The Balaban J connectivity index is 1.37. The summed E-state index contributed by atoms with van der Waals surface area (Å²) in [6, 6.07) is 56.7. The SMILES string of the molecule is N#Cc1ccc2c(c1)c1ccccc1n2-c1cc(-c2ccc(C#N)c(-n3c4ccccc4c4ccccc43)c2)cc(-c2c(C#N)cccc2C#N)c1. The molecule has 0 saturated carbocycles. The minimum absolute atomic E-state index is 0.397. The van der Waals surface area contributed by atoms with Crippen molar-refractivity contribution in [2.45, 2.75) is 0 Å². The fourth-order valence-electron chi connectivity index (χ4n) is 7.59. The Bertz CT molecular complexity index is 3040. The van der Waals surface area contributed by atoms with Crippen LogP contribution >= 0.6 is 0 Å². The first-order valence-electron chi connectivity index (χ1n) is 16.7. The Labute approximate surface area is 298 Å². The number of nitriles is 4. The van der Waals surface area contributed by atoms with E-state index < -0.39 is 0 Å². The van der Waals surface area contributed by atoms with E-state index >= 15 is 0 Å². The fraction of sp³-hybridized carbons (Fsp3) is 0. The highest BCUT2D eigenvalue weighted by atomic mass is 15.0. The predicted molar refractivity (Wildman–Crippen MR) is 205 cm³/mol. The largest absolute Gasteiger partial charge is 0.309 e. The molecule has 2 aromatic heterocycles. The average molecular weight is 661 g/mol. The molecule has 238 valence electrons. The molecule has 9 rings (SSSR count). The van der Waals surface area contributed by atoms with Gasteiger partial charge in [0.15, 0.2) is 0 Å². The lowest BCUT2D eigenvalue weighted by Gasteiger charge is -2.17. The molecule has 0 N–H and O–H groups in total. The van der Waals surface area contributed by atoms with Crippen molar-refractivity contribution in [1.29, 1.82) is 21.0 Å². The Morgan fingerprint density at radius 3 is 1.54 bits per heavy atom. The van der Waals surface area contributed by atoms with E-state index in [4.69, 9.17) is 0 Å². The van der Waals surface area contributed by atoms with Gasteiger partial charge in [0.1, 0.15) is 6.07 Å². The van der Waals surface area contributed by atoms with Crippen LogP contribution in [-0.4, -0.2) is 9.13 Å². The first-order valence-corrected chi connectivity index (χ1v) is 16.7. The molecule has 6 nitrogen and oxygen atoms in total. The van der Waals surface area contributed by atoms with Gasteiger partial charge in [-0.05, 0) is 95.6 Å². The van der Waals surface area contributed by atoms with Crippen LogP contribution < -0.4 is 0 Å². The number of fused-ring (bicyclic) bond motifs is 6. The molecule has 0 radical (unpaired) electrons. The number of rotatable bonds is 4. The number of benzene rings is 7. The summed E-state index contributed by atoms with van der Waals surface area (Å²) in [6.45, 7) is 0. The molecular formula is C46H24N6. The molecule has 7 aromatic carbocycles. The van der Waals surface area contributed by atoms with Crippen molar-refractivity contribution in [3.8, 4) is 57.9 Å². The Morgan fingerprint density at radius 1 is 0.365 bits per heavy atom. The first-order chi connectivity index (χ1) is 25.6. The summed E-state index contributed by atoms with van der Waals surface area (Å²) < 4.78 is 4.31. The highest BCUT2D eigenvalue weighted by Crippen LogP contribution is 2.40. The predicted octanol–water partition coefficient (Wildman–Crippen LogP) is 10.7. The average Bonchev–Trinajstić information content (AvgIpc) is 3.72. The Morgan fingerprint density at radius 2 is 0.923 bits per heavy atom. The van der Waals surface area contributed by atoms with E-state index in [1.807, 2.05) is 84.9 Å². The van der Waals surface area contributed by atoms with Crippen LogP contribution in [-0.2, 0) is 0 Å². The van der Waals surface area contributed by atoms with Crippen molar-refractivity contribution in [2.24, 2.45) is 0 Å². The van der Waals surface area contributed by atoms with Gasteiger partial charge in [0, 0.05) is 32.8 Å². The summed E-state index contributed by atoms with van der Waals surface area (Å²) in [5.41, 5.74) is 10.3. The third-order valence-corrected chi connectivity index (χ3v) is 9.84. The molecule has 0 spiro atoms. The van der Waals surface area contributed by atoms with Gasteiger partial charge in [-0.15, -0.1) is 0 Å². The standard InChI is InChI=1S/C46H24N6/c47-25-29-16-19-44-40(20-29)39-12-3-4-13-41(39)51(44)36-22-34(21-35(23-36)46-32(27-49)8-7-9-33(46)28-50)30-17-18-31(26-48)45(24-30)52-42-14-5-1-10-37(42)38-11-2-6-15-43(38)52/h1-24H. The molecule has 0 atom stereocenters. The van der Waals surface area contributed by atoms with Crippen LogP contribution in [0.15, 0.2) is 146 Å². The number of nitrogens with zero attached hydrogens (tertiary/aromatic N) is 6. The van der Waals surface area contributed by atoms with Gasteiger partial charge < -0.3 is 9.13 Å². The molecule has 9 aromatic rings. The minimum Gasteiger partial charge on any atom is -0.309 e. The number of para-hydroxylation sites is 3. The summed E-state index contributed by atoms with van der Waals surface area (Å²) in [7, 11) is 0. The number of aromatic nitrogens is 2. The molecule has 2 heterocycles. The second-order valence-electron chi connectivity index (χ2n) is 12.6. The maximum Gasteiger partial charge on any atom is 0.101 e. The molecule has 0 bridgehead atoms. The highest BCUT2D eigenvalue weighted by Gasteiger charge is 2.20. The van der Waals surface area contributed by atoms with Gasteiger partial charge in [-0.1, -0.05) is 66.7 Å². The van der Waals surface area contributed by atoms with Gasteiger partial charge in [0.05, 0.1) is 68.2 Å². The molecule has 0 unspecified atom stereocenters. The van der Waals surface area contributed by atoms with Gasteiger partial charge in [-0.25, -0.2) is 0 Å². The molecular weight excluding hydrogens is 637 g/mol. The summed E-state index contributed by atoms with van der Waals surface area (Å²) in [5.74, 6) is 0. The lowest BCUT2D eigenvalue weighted by atomic mass is 9.91. The molecule has 0 amide bonds. The maximum atomic E-state index is 10.4. The monoisotopic (exact) mass is 660 g/mol. The molecule has 0 aliphatic heterocycles. The first kappa shape index (κ1) is 30.2. The van der Waals surface area contributed by atoms with Gasteiger partial charge in [-0.3, -0.25) is 0 Å². The quantitative estimate of drug-likeness (QED) is 0.187. The highest BCUT2D eigenvalue weighted by molar-refractivity contribution is 6.11. The van der Waals surface area contributed by atoms with Gasteiger partial charge in [-0.2, -0.15) is 21.0 Å². The van der Waals surface area contributed by atoms with Crippen LogP contribution in [0.25, 0.3) is 77.2 Å².